The third-order valence-electron chi connectivity index (χ3n) is 6.63. The van der Waals surface area contributed by atoms with Crippen LogP contribution in [0, 0.1) is 0 Å². The summed E-state index contributed by atoms with van der Waals surface area (Å²) in [5.41, 5.74) is 2.15. The van der Waals surface area contributed by atoms with E-state index in [1.807, 2.05) is 36.6 Å². The second-order valence-electron chi connectivity index (χ2n) is 8.67. The fourth-order valence-corrected chi connectivity index (χ4v) is 5.48. The molecule has 6 nitrogen and oxygen atoms in total. The maximum atomic E-state index is 10.6. The van der Waals surface area contributed by atoms with Crippen molar-refractivity contribution in [1.82, 2.24) is 4.90 Å². The van der Waals surface area contributed by atoms with Crippen LogP contribution in [0.1, 0.15) is 30.4 Å². The first-order valence-electron chi connectivity index (χ1n) is 11.4. The summed E-state index contributed by atoms with van der Waals surface area (Å²) in [4.78, 5) is 3.40. The van der Waals surface area contributed by atoms with Gasteiger partial charge < -0.3 is 29.0 Å². The number of ether oxygens (including phenoxy) is 4. The van der Waals surface area contributed by atoms with Gasteiger partial charge in [0.05, 0.1) is 25.4 Å². The van der Waals surface area contributed by atoms with Crippen LogP contribution in [0.2, 0.25) is 0 Å². The molecule has 3 aliphatic heterocycles. The zero-order valence-electron chi connectivity index (χ0n) is 18.5. The van der Waals surface area contributed by atoms with Crippen LogP contribution < -0.4 is 14.2 Å². The van der Waals surface area contributed by atoms with Gasteiger partial charge in [-0.05, 0) is 42.9 Å². The van der Waals surface area contributed by atoms with E-state index < -0.39 is 6.10 Å². The molecule has 0 radical (unpaired) electrons. The van der Waals surface area contributed by atoms with E-state index >= 15 is 0 Å². The first kappa shape index (κ1) is 21.9. The Morgan fingerprint density at radius 1 is 1.12 bits per heavy atom. The SMILES string of the molecule is CSc1ccccc1OC[C@@H](O)CN1CCC2(CC1)OCc1c2ccc2c1OCCCO2. The molecule has 172 valence electrons. The number of thioether (sulfide) groups is 1. The molecule has 0 unspecified atom stereocenters. The van der Waals surface area contributed by atoms with E-state index in [4.69, 9.17) is 18.9 Å². The van der Waals surface area contributed by atoms with Gasteiger partial charge in [-0.1, -0.05) is 18.2 Å². The topological polar surface area (TPSA) is 60.4 Å². The van der Waals surface area contributed by atoms with Gasteiger partial charge >= 0.3 is 0 Å². The summed E-state index contributed by atoms with van der Waals surface area (Å²) < 4.78 is 24.1. The number of para-hydroxylation sites is 1. The van der Waals surface area contributed by atoms with Crippen LogP contribution in [0.25, 0.3) is 0 Å². The molecule has 3 heterocycles. The Labute approximate surface area is 193 Å². The lowest BCUT2D eigenvalue weighted by Crippen LogP contribution is -2.46. The minimum Gasteiger partial charge on any atom is -0.490 e. The first-order chi connectivity index (χ1) is 15.7. The van der Waals surface area contributed by atoms with Crippen molar-refractivity contribution in [2.75, 3.05) is 45.7 Å². The Hall–Kier alpha value is -1.93. The van der Waals surface area contributed by atoms with Crippen LogP contribution in [0.3, 0.4) is 0 Å². The quantitative estimate of drug-likeness (QED) is 0.662. The standard InChI is InChI=1S/C25H31NO5S/c1-32-23-6-3-2-5-21(23)30-16-18(27)15-26-11-9-25(10-12-26)20-7-8-22-24(19(20)17-31-25)29-14-4-13-28-22/h2-3,5-8,18,27H,4,9-17H2,1H3/t18-/m0/s1. The monoisotopic (exact) mass is 457 g/mol. The van der Waals surface area contributed by atoms with Crippen molar-refractivity contribution in [3.63, 3.8) is 0 Å². The van der Waals surface area contributed by atoms with E-state index in [1.54, 1.807) is 11.8 Å². The van der Waals surface area contributed by atoms with Crippen LogP contribution in [-0.4, -0.2) is 61.8 Å². The maximum Gasteiger partial charge on any atom is 0.167 e. The third kappa shape index (κ3) is 4.31. The lowest BCUT2D eigenvalue weighted by molar-refractivity contribution is -0.0837. The Kier molecular flexibility index (Phi) is 6.51. The van der Waals surface area contributed by atoms with Crippen LogP contribution >= 0.6 is 11.8 Å². The lowest BCUT2D eigenvalue weighted by atomic mass is 9.83. The van der Waals surface area contributed by atoms with E-state index in [0.717, 1.165) is 60.1 Å². The molecular weight excluding hydrogens is 426 g/mol. The first-order valence-corrected chi connectivity index (χ1v) is 12.6. The zero-order chi connectivity index (χ0) is 22.0. The lowest BCUT2D eigenvalue weighted by Gasteiger charge is -2.39. The number of rotatable bonds is 6. The summed E-state index contributed by atoms with van der Waals surface area (Å²) in [7, 11) is 0. The van der Waals surface area contributed by atoms with Gasteiger partial charge in [0.1, 0.15) is 18.5 Å². The molecule has 1 fully saturated rings. The van der Waals surface area contributed by atoms with E-state index in [-0.39, 0.29) is 5.60 Å². The Morgan fingerprint density at radius 2 is 1.94 bits per heavy atom. The minimum atomic E-state index is -0.530. The molecule has 3 aliphatic rings. The smallest absolute Gasteiger partial charge is 0.167 e. The molecule has 0 aromatic heterocycles. The molecule has 1 N–H and O–H groups in total. The number of aliphatic hydroxyl groups is 1. The van der Waals surface area contributed by atoms with Gasteiger partial charge in [-0.25, -0.2) is 0 Å². The van der Waals surface area contributed by atoms with E-state index in [1.165, 1.54) is 5.56 Å². The van der Waals surface area contributed by atoms with Crippen molar-refractivity contribution in [2.45, 2.75) is 42.5 Å². The van der Waals surface area contributed by atoms with Crippen LogP contribution in [0.15, 0.2) is 41.3 Å². The largest absolute Gasteiger partial charge is 0.490 e. The highest BCUT2D eigenvalue weighted by molar-refractivity contribution is 7.98. The highest BCUT2D eigenvalue weighted by Crippen LogP contribution is 2.49. The molecule has 1 saturated heterocycles. The van der Waals surface area contributed by atoms with Gasteiger partial charge in [0.15, 0.2) is 11.5 Å². The molecule has 1 atom stereocenters. The molecule has 7 heteroatoms. The summed E-state index contributed by atoms with van der Waals surface area (Å²) in [5.74, 6) is 2.54. The number of piperidine rings is 1. The predicted molar refractivity (Wildman–Crippen MR) is 124 cm³/mol. The predicted octanol–water partition coefficient (Wildman–Crippen LogP) is 3.83. The van der Waals surface area contributed by atoms with Gasteiger partial charge in [0.2, 0.25) is 0 Å². The molecule has 1 spiro atoms. The zero-order valence-corrected chi connectivity index (χ0v) is 19.4. The van der Waals surface area contributed by atoms with Crippen molar-refractivity contribution in [1.29, 1.82) is 0 Å². The van der Waals surface area contributed by atoms with Gasteiger partial charge in [0, 0.05) is 36.5 Å². The molecule has 0 saturated carbocycles. The fraction of sp³-hybridized carbons (Fsp3) is 0.520. The van der Waals surface area contributed by atoms with E-state index in [0.29, 0.717) is 33.0 Å². The Balaban J connectivity index is 1.18. The number of fused-ring (bicyclic) bond motifs is 4. The molecular formula is C25H31NO5S. The van der Waals surface area contributed by atoms with Gasteiger partial charge in [-0.15, -0.1) is 11.8 Å². The second kappa shape index (κ2) is 9.51. The van der Waals surface area contributed by atoms with Crippen LogP contribution in [0.5, 0.6) is 17.2 Å². The van der Waals surface area contributed by atoms with Crippen molar-refractivity contribution in [3.8, 4) is 17.2 Å². The number of hydrogen-bond acceptors (Lipinski definition) is 7. The van der Waals surface area contributed by atoms with Crippen molar-refractivity contribution < 1.29 is 24.1 Å². The number of β-amino-alcohol motifs (C(OH)–C–C–N with tert-alkyl or cyclic N) is 1. The second-order valence-corrected chi connectivity index (χ2v) is 9.52. The number of nitrogens with zero attached hydrogens (tertiary/aromatic N) is 1. The maximum absolute atomic E-state index is 10.6. The molecule has 2 aromatic rings. The molecule has 32 heavy (non-hydrogen) atoms. The average molecular weight is 458 g/mol. The molecule has 0 amide bonds. The molecule has 5 rings (SSSR count). The van der Waals surface area contributed by atoms with Gasteiger partial charge in [0.25, 0.3) is 0 Å². The Morgan fingerprint density at radius 3 is 2.78 bits per heavy atom. The summed E-state index contributed by atoms with van der Waals surface area (Å²) in [5, 5.41) is 10.6. The highest BCUT2D eigenvalue weighted by atomic mass is 32.2. The summed E-state index contributed by atoms with van der Waals surface area (Å²) >= 11 is 1.65. The average Bonchev–Trinajstić information content (AvgIpc) is 3.00. The molecule has 0 bridgehead atoms. The molecule has 2 aromatic carbocycles. The number of aliphatic hydroxyl groups excluding tert-OH is 1. The number of likely N-dealkylation sites (tertiary alicyclic amines) is 1. The minimum absolute atomic E-state index is 0.255. The fourth-order valence-electron chi connectivity index (χ4n) is 4.94. The van der Waals surface area contributed by atoms with E-state index in [2.05, 4.69) is 11.0 Å². The van der Waals surface area contributed by atoms with Gasteiger partial charge in [-0.3, -0.25) is 0 Å². The highest BCUT2D eigenvalue weighted by Gasteiger charge is 2.44. The molecule has 0 aliphatic carbocycles. The van der Waals surface area contributed by atoms with Gasteiger partial charge in [-0.2, -0.15) is 0 Å². The Bertz CT molecular complexity index is 944. The summed E-state index contributed by atoms with van der Waals surface area (Å²) in [6.07, 6.45) is 4.21. The summed E-state index contributed by atoms with van der Waals surface area (Å²) in [6, 6.07) is 12.1. The van der Waals surface area contributed by atoms with Crippen molar-refractivity contribution in [3.05, 3.63) is 47.5 Å². The number of hydrogen-bond donors (Lipinski definition) is 1. The van der Waals surface area contributed by atoms with Crippen molar-refractivity contribution in [2.24, 2.45) is 0 Å². The number of benzene rings is 2. The normalized spacial score (nSPS) is 20.6. The van der Waals surface area contributed by atoms with Crippen LogP contribution in [-0.2, 0) is 16.9 Å². The van der Waals surface area contributed by atoms with Crippen LogP contribution in [0.4, 0.5) is 0 Å². The van der Waals surface area contributed by atoms with Crippen molar-refractivity contribution >= 4 is 11.8 Å². The third-order valence-corrected chi connectivity index (χ3v) is 7.41. The summed E-state index contributed by atoms with van der Waals surface area (Å²) in [6.45, 7) is 4.62. The van der Waals surface area contributed by atoms with E-state index in [9.17, 15) is 5.11 Å².